The quantitative estimate of drug-likeness (QED) is 0.222. The zero-order chi connectivity index (χ0) is 21.9. The van der Waals surface area contributed by atoms with E-state index in [4.69, 9.17) is 0 Å². The molecule has 8 rings (SSSR count). The molecule has 2 heteroatoms. The van der Waals surface area contributed by atoms with E-state index in [9.17, 15) is 0 Å². The van der Waals surface area contributed by atoms with Crippen LogP contribution in [0.1, 0.15) is 25.0 Å². The summed E-state index contributed by atoms with van der Waals surface area (Å²) in [6.45, 7) is 4.82. The summed E-state index contributed by atoms with van der Waals surface area (Å²) in [6.07, 6.45) is 0. The second kappa shape index (κ2) is 5.84. The molecule has 1 aliphatic rings. The van der Waals surface area contributed by atoms with E-state index in [0.29, 0.717) is 0 Å². The minimum Gasteiger partial charge on any atom is -0.308 e. The third-order valence-electron chi connectivity index (χ3n) is 7.73. The van der Waals surface area contributed by atoms with Crippen molar-refractivity contribution in [3.63, 3.8) is 0 Å². The summed E-state index contributed by atoms with van der Waals surface area (Å²) < 4.78 is 5.30. The maximum absolute atomic E-state index is 2.56. The molecule has 0 radical (unpaired) electrons. The third-order valence-corrected chi connectivity index (χ3v) is 8.87. The Balaban J connectivity index is 1.70. The van der Waals surface area contributed by atoms with Crippen LogP contribution in [0.25, 0.3) is 58.4 Å². The van der Waals surface area contributed by atoms with Crippen LogP contribution in [-0.4, -0.2) is 4.57 Å². The third kappa shape index (κ3) is 2.04. The molecule has 0 saturated heterocycles. The van der Waals surface area contributed by atoms with Gasteiger partial charge in [-0.3, -0.25) is 0 Å². The first-order chi connectivity index (χ1) is 16.1. The van der Waals surface area contributed by atoms with Gasteiger partial charge in [-0.25, -0.2) is 0 Å². The zero-order valence-corrected chi connectivity index (χ0v) is 19.3. The standard InChI is InChI=1S/C31H21NS/c1-31(2)23-12-7-11-20-21-15-14-18-8-3-4-9-19(18)29(21)32(30(20)23)24-16-17-26-27(28(24)31)22-10-5-6-13-25(22)33-26/h3-17H,1-2H3. The van der Waals surface area contributed by atoms with Gasteiger partial charge in [-0.2, -0.15) is 0 Å². The van der Waals surface area contributed by atoms with Crippen LogP contribution < -0.4 is 0 Å². The highest BCUT2D eigenvalue weighted by atomic mass is 32.1. The minimum absolute atomic E-state index is 0.0988. The largest absolute Gasteiger partial charge is 0.308 e. The normalized spacial score (nSPS) is 14.6. The first-order valence-electron chi connectivity index (χ1n) is 11.5. The van der Waals surface area contributed by atoms with Crippen LogP contribution in [0.3, 0.4) is 0 Å². The van der Waals surface area contributed by atoms with E-state index < -0.39 is 0 Å². The smallest absolute Gasteiger partial charge is 0.0619 e. The van der Waals surface area contributed by atoms with Crippen LogP contribution in [0, 0.1) is 0 Å². The Kier molecular flexibility index (Phi) is 3.16. The number of hydrogen-bond acceptors (Lipinski definition) is 1. The number of rotatable bonds is 0. The van der Waals surface area contributed by atoms with Gasteiger partial charge in [0.05, 0.1) is 16.7 Å². The lowest BCUT2D eigenvalue weighted by atomic mass is 9.73. The molecule has 0 unspecified atom stereocenters. The molecule has 0 aliphatic carbocycles. The molecule has 0 N–H and O–H groups in total. The van der Waals surface area contributed by atoms with Gasteiger partial charge < -0.3 is 4.57 Å². The highest BCUT2D eigenvalue weighted by Crippen LogP contribution is 2.52. The molecule has 33 heavy (non-hydrogen) atoms. The number of benzene rings is 5. The number of thiophene rings is 1. The van der Waals surface area contributed by atoms with Gasteiger partial charge in [0.15, 0.2) is 0 Å². The lowest BCUT2D eigenvalue weighted by Crippen LogP contribution is -2.26. The number of nitrogens with zero attached hydrogens (tertiary/aromatic N) is 1. The van der Waals surface area contributed by atoms with Crippen molar-refractivity contribution in [1.29, 1.82) is 0 Å². The average molecular weight is 440 g/mol. The molecule has 0 atom stereocenters. The van der Waals surface area contributed by atoms with E-state index in [1.165, 1.54) is 69.6 Å². The monoisotopic (exact) mass is 439 g/mol. The molecule has 5 aromatic carbocycles. The number of aromatic nitrogens is 1. The van der Waals surface area contributed by atoms with Crippen molar-refractivity contribution in [1.82, 2.24) is 4.57 Å². The highest BCUT2D eigenvalue weighted by molar-refractivity contribution is 7.25. The molecule has 0 spiro atoms. The Bertz CT molecular complexity index is 1950. The zero-order valence-electron chi connectivity index (χ0n) is 18.5. The molecule has 3 heterocycles. The van der Waals surface area contributed by atoms with Gasteiger partial charge in [0.2, 0.25) is 0 Å². The van der Waals surface area contributed by atoms with Crippen molar-refractivity contribution < 1.29 is 0 Å². The van der Waals surface area contributed by atoms with Gasteiger partial charge in [0, 0.05) is 41.7 Å². The molecule has 0 saturated carbocycles. The fourth-order valence-electron chi connectivity index (χ4n) is 6.33. The molecular formula is C31H21NS. The van der Waals surface area contributed by atoms with E-state index in [1.54, 1.807) is 0 Å². The van der Waals surface area contributed by atoms with Gasteiger partial charge >= 0.3 is 0 Å². The summed E-state index contributed by atoms with van der Waals surface area (Å²) in [7, 11) is 0. The van der Waals surface area contributed by atoms with Gasteiger partial charge in [-0.15, -0.1) is 11.3 Å². The van der Waals surface area contributed by atoms with E-state index in [0.717, 1.165) is 0 Å². The molecule has 0 bridgehead atoms. The predicted octanol–water partition coefficient (Wildman–Crippen LogP) is 8.94. The Morgan fingerprint density at radius 2 is 1.36 bits per heavy atom. The molecule has 2 aromatic heterocycles. The van der Waals surface area contributed by atoms with E-state index >= 15 is 0 Å². The Morgan fingerprint density at radius 3 is 2.27 bits per heavy atom. The van der Waals surface area contributed by atoms with E-state index in [-0.39, 0.29) is 5.41 Å². The molecule has 1 nitrogen and oxygen atoms in total. The van der Waals surface area contributed by atoms with Crippen molar-refractivity contribution in [3.05, 3.63) is 102 Å². The van der Waals surface area contributed by atoms with Crippen molar-refractivity contribution in [2.24, 2.45) is 0 Å². The molecular weight excluding hydrogens is 418 g/mol. The summed E-state index contributed by atoms with van der Waals surface area (Å²) in [5.74, 6) is 0. The molecule has 156 valence electrons. The summed E-state index contributed by atoms with van der Waals surface area (Å²) >= 11 is 1.91. The summed E-state index contributed by atoms with van der Waals surface area (Å²) in [5.41, 5.74) is 6.77. The van der Waals surface area contributed by atoms with Crippen LogP contribution in [0.2, 0.25) is 0 Å². The fourth-order valence-corrected chi connectivity index (χ4v) is 7.45. The average Bonchev–Trinajstić information content (AvgIpc) is 3.39. The van der Waals surface area contributed by atoms with E-state index in [1.807, 2.05) is 11.3 Å². The van der Waals surface area contributed by atoms with Gasteiger partial charge in [-0.05, 0) is 34.7 Å². The maximum Gasteiger partial charge on any atom is 0.0619 e. The Morgan fingerprint density at radius 1 is 0.606 bits per heavy atom. The SMILES string of the molecule is CC1(C)c2c(ccc3sc4ccccc4c23)-n2c3c1cccc3c1ccc3ccccc3c12. The molecule has 0 amide bonds. The van der Waals surface area contributed by atoms with Gasteiger partial charge in [0.1, 0.15) is 0 Å². The predicted molar refractivity (Wildman–Crippen MR) is 143 cm³/mol. The fraction of sp³-hybridized carbons (Fsp3) is 0.0968. The van der Waals surface area contributed by atoms with Crippen LogP contribution in [0.4, 0.5) is 0 Å². The second-order valence-corrected chi connectivity index (χ2v) is 10.9. The second-order valence-electron chi connectivity index (χ2n) is 9.78. The highest BCUT2D eigenvalue weighted by Gasteiger charge is 2.37. The topological polar surface area (TPSA) is 4.93 Å². The van der Waals surface area contributed by atoms with Crippen LogP contribution in [-0.2, 0) is 5.41 Å². The van der Waals surface area contributed by atoms with Crippen molar-refractivity contribution in [3.8, 4) is 5.69 Å². The van der Waals surface area contributed by atoms with Crippen LogP contribution >= 0.6 is 11.3 Å². The van der Waals surface area contributed by atoms with E-state index in [2.05, 4.69) is 109 Å². The summed E-state index contributed by atoms with van der Waals surface area (Å²) in [5, 5.41) is 8.09. The lowest BCUT2D eigenvalue weighted by Gasteiger charge is -2.35. The Hall–Kier alpha value is -3.62. The minimum atomic E-state index is -0.0988. The lowest BCUT2D eigenvalue weighted by molar-refractivity contribution is 0.637. The number of para-hydroxylation sites is 1. The first kappa shape index (κ1) is 17.9. The first-order valence-corrected chi connectivity index (χ1v) is 12.4. The number of fused-ring (bicyclic) bond motifs is 11. The van der Waals surface area contributed by atoms with Gasteiger partial charge in [-0.1, -0.05) is 86.6 Å². The molecule has 0 fully saturated rings. The molecule has 7 aromatic rings. The summed E-state index contributed by atoms with van der Waals surface area (Å²) in [4.78, 5) is 0. The van der Waals surface area contributed by atoms with Crippen molar-refractivity contribution in [2.45, 2.75) is 19.3 Å². The van der Waals surface area contributed by atoms with Crippen LogP contribution in [0.5, 0.6) is 0 Å². The van der Waals surface area contributed by atoms with Crippen molar-refractivity contribution >= 4 is 64.1 Å². The Labute approximate surface area is 195 Å². The molecule has 1 aliphatic heterocycles. The number of hydrogen-bond donors (Lipinski definition) is 0. The van der Waals surface area contributed by atoms with Gasteiger partial charge in [0.25, 0.3) is 0 Å². The van der Waals surface area contributed by atoms with Crippen molar-refractivity contribution in [2.75, 3.05) is 0 Å². The summed E-state index contributed by atoms with van der Waals surface area (Å²) in [6, 6.07) is 33.9. The van der Waals surface area contributed by atoms with Crippen LogP contribution in [0.15, 0.2) is 91.0 Å². The maximum atomic E-state index is 2.56.